The molecule has 38 heavy (non-hydrogen) atoms. The molecule has 6 aromatic carbocycles. The highest BCUT2D eigenvalue weighted by Gasteiger charge is 2.18. The monoisotopic (exact) mass is 489 g/mol. The number of para-hydroxylation sites is 2. The molecule has 0 amide bonds. The third kappa shape index (κ3) is 3.69. The Morgan fingerprint density at radius 2 is 1.11 bits per heavy atom. The summed E-state index contributed by atoms with van der Waals surface area (Å²) in [6.45, 7) is 4.52. The summed E-state index contributed by atoms with van der Waals surface area (Å²) in [4.78, 5) is 4.69. The molecule has 0 saturated heterocycles. The summed E-state index contributed by atoms with van der Waals surface area (Å²) in [6.07, 6.45) is 0. The van der Waals surface area contributed by atoms with Gasteiger partial charge in [-0.05, 0) is 79.5 Å². The first-order valence-electron chi connectivity index (χ1n) is 13.2. The second kappa shape index (κ2) is 9.00. The fourth-order valence-electron chi connectivity index (χ4n) is 5.56. The van der Waals surface area contributed by atoms with Gasteiger partial charge in [-0.2, -0.15) is 0 Å². The van der Waals surface area contributed by atoms with Crippen molar-refractivity contribution in [2.24, 2.45) is 0 Å². The van der Waals surface area contributed by atoms with Crippen molar-refractivity contribution in [2.45, 2.75) is 19.8 Å². The zero-order valence-electron chi connectivity index (χ0n) is 21.5. The Labute approximate surface area is 222 Å². The number of benzene rings is 6. The number of aromatic nitrogens is 1. The van der Waals surface area contributed by atoms with Gasteiger partial charge >= 0.3 is 0 Å². The quantitative estimate of drug-likeness (QED) is 0.230. The van der Waals surface area contributed by atoms with Crippen molar-refractivity contribution in [3.63, 3.8) is 0 Å². The molecule has 2 nitrogen and oxygen atoms in total. The highest BCUT2D eigenvalue weighted by Crippen LogP contribution is 2.44. The second-order valence-corrected chi connectivity index (χ2v) is 10.2. The standard InChI is InChI=1S/C36H27NO/c1-23(2)27-20-21-30-31(22-27)35(24-10-4-3-5-11-24)29-13-7-6-12-28(29)34(30)25-16-18-26(19-17-25)36-37-32-14-8-9-15-33(32)38-36/h3-23H,1-2H3. The average molecular weight is 490 g/mol. The van der Waals surface area contributed by atoms with Crippen LogP contribution in [0.4, 0.5) is 0 Å². The van der Waals surface area contributed by atoms with Gasteiger partial charge in [-0.15, -0.1) is 0 Å². The van der Waals surface area contributed by atoms with Gasteiger partial charge in [0.1, 0.15) is 5.52 Å². The van der Waals surface area contributed by atoms with Crippen molar-refractivity contribution in [3.8, 4) is 33.7 Å². The first-order chi connectivity index (χ1) is 18.7. The van der Waals surface area contributed by atoms with Crippen molar-refractivity contribution in [3.05, 3.63) is 127 Å². The predicted molar refractivity (Wildman–Crippen MR) is 159 cm³/mol. The minimum atomic E-state index is 0.452. The molecule has 7 aromatic rings. The van der Waals surface area contributed by atoms with E-state index in [1.807, 2.05) is 24.3 Å². The van der Waals surface area contributed by atoms with Gasteiger partial charge in [0.25, 0.3) is 0 Å². The summed E-state index contributed by atoms with van der Waals surface area (Å²) < 4.78 is 6.03. The molecule has 0 aliphatic heterocycles. The van der Waals surface area contributed by atoms with Gasteiger partial charge in [0.2, 0.25) is 5.89 Å². The highest BCUT2D eigenvalue weighted by atomic mass is 16.3. The van der Waals surface area contributed by atoms with Gasteiger partial charge in [-0.1, -0.05) is 111 Å². The Balaban J connectivity index is 1.48. The summed E-state index contributed by atoms with van der Waals surface area (Å²) in [5, 5.41) is 5.08. The third-order valence-corrected chi connectivity index (χ3v) is 7.49. The maximum Gasteiger partial charge on any atom is 0.227 e. The molecule has 0 N–H and O–H groups in total. The Hall–Kier alpha value is -4.69. The molecule has 0 saturated carbocycles. The number of fused-ring (bicyclic) bond motifs is 3. The lowest BCUT2D eigenvalue weighted by Gasteiger charge is -2.19. The minimum absolute atomic E-state index is 0.452. The van der Waals surface area contributed by atoms with Crippen LogP contribution in [0.15, 0.2) is 126 Å². The normalized spacial score (nSPS) is 11.7. The van der Waals surface area contributed by atoms with Crippen LogP contribution in [0.3, 0.4) is 0 Å². The second-order valence-electron chi connectivity index (χ2n) is 10.2. The van der Waals surface area contributed by atoms with E-state index in [1.165, 1.54) is 49.4 Å². The number of rotatable bonds is 4. The van der Waals surface area contributed by atoms with E-state index >= 15 is 0 Å². The van der Waals surface area contributed by atoms with Crippen molar-refractivity contribution in [2.75, 3.05) is 0 Å². The molecule has 0 aliphatic rings. The molecule has 7 rings (SSSR count). The van der Waals surface area contributed by atoms with Crippen LogP contribution >= 0.6 is 0 Å². The van der Waals surface area contributed by atoms with Gasteiger partial charge in [-0.3, -0.25) is 0 Å². The number of hydrogen-bond donors (Lipinski definition) is 0. The van der Waals surface area contributed by atoms with Crippen LogP contribution in [-0.2, 0) is 0 Å². The van der Waals surface area contributed by atoms with Crippen LogP contribution in [0.1, 0.15) is 25.3 Å². The number of oxazole rings is 1. The number of hydrogen-bond acceptors (Lipinski definition) is 2. The van der Waals surface area contributed by atoms with Crippen LogP contribution in [0, 0.1) is 0 Å². The van der Waals surface area contributed by atoms with Crippen LogP contribution in [0.5, 0.6) is 0 Å². The van der Waals surface area contributed by atoms with E-state index in [1.54, 1.807) is 0 Å². The molecule has 0 unspecified atom stereocenters. The average Bonchev–Trinajstić information content (AvgIpc) is 3.40. The molecule has 182 valence electrons. The lowest BCUT2D eigenvalue weighted by molar-refractivity contribution is 0.620. The topological polar surface area (TPSA) is 26.0 Å². The fraction of sp³-hybridized carbons (Fsp3) is 0.0833. The predicted octanol–water partition coefficient (Wildman–Crippen LogP) is 10.3. The Bertz CT molecular complexity index is 1900. The molecule has 0 bridgehead atoms. The SMILES string of the molecule is CC(C)c1ccc2c(-c3ccc(-c4nc5ccccc5o4)cc3)c3ccccc3c(-c3ccccc3)c2c1. The van der Waals surface area contributed by atoms with Crippen molar-refractivity contribution >= 4 is 32.6 Å². The van der Waals surface area contributed by atoms with E-state index in [2.05, 4.69) is 116 Å². The van der Waals surface area contributed by atoms with Crippen LogP contribution in [0.2, 0.25) is 0 Å². The molecule has 1 heterocycles. The van der Waals surface area contributed by atoms with E-state index in [-0.39, 0.29) is 0 Å². The lowest BCUT2D eigenvalue weighted by Crippen LogP contribution is -1.93. The smallest absolute Gasteiger partial charge is 0.227 e. The zero-order chi connectivity index (χ0) is 25.6. The molecule has 0 fully saturated rings. The van der Waals surface area contributed by atoms with Gasteiger partial charge in [0.15, 0.2) is 5.58 Å². The van der Waals surface area contributed by atoms with Crippen LogP contribution < -0.4 is 0 Å². The Morgan fingerprint density at radius 3 is 1.82 bits per heavy atom. The maximum atomic E-state index is 6.03. The molecule has 0 spiro atoms. The molecule has 2 heteroatoms. The van der Waals surface area contributed by atoms with Crippen molar-refractivity contribution in [1.82, 2.24) is 4.98 Å². The van der Waals surface area contributed by atoms with Gasteiger partial charge in [-0.25, -0.2) is 4.98 Å². The number of nitrogens with zero attached hydrogens (tertiary/aromatic N) is 1. The van der Waals surface area contributed by atoms with Crippen LogP contribution in [0.25, 0.3) is 66.4 Å². The lowest BCUT2D eigenvalue weighted by atomic mass is 9.84. The molecular weight excluding hydrogens is 462 g/mol. The third-order valence-electron chi connectivity index (χ3n) is 7.49. The van der Waals surface area contributed by atoms with E-state index in [0.29, 0.717) is 11.8 Å². The molecular formula is C36H27NO. The molecule has 0 aliphatic carbocycles. The summed E-state index contributed by atoms with van der Waals surface area (Å²) in [5.41, 5.74) is 8.99. The molecule has 0 atom stereocenters. The van der Waals surface area contributed by atoms with Gasteiger partial charge < -0.3 is 4.42 Å². The largest absolute Gasteiger partial charge is 0.436 e. The fourth-order valence-corrected chi connectivity index (χ4v) is 5.56. The van der Waals surface area contributed by atoms with E-state index < -0.39 is 0 Å². The summed E-state index contributed by atoms with van der Waals surface area (Å²) >= 11 is 0. The maximum absolute atomic E-state index is 6.03. The zero-order valence-corrected chi connectivity index (χ0v) is 21.5. The highest BCUT2D eigenvalue weighted by molar-refractivity contribution is 6.21. The summed E-state index contributed by atoms with van der Waals surface area (Å²) in [6, 6.07) is 43.1. The molecule has 1 aromatic heterocycles. The summed E-state index contributed by atoms with van der Waals surface area (Å²) in [7, 11) is 0. The van der Waals surface area contributed by atoms with Crippen LogP contribution in [-0.4, -0.2) is 4.98 Å². The van der Waals surface area contributed by atoms with Crippen molar-refractivity contribution in [1.29, 1.82) is 0 Å². The van der Waals surface area contributed by atoms with Gasteiger partial charge in [0.05, 0.1) is 0 Å². The van der Waals surface area contributed by atoms with E-state index in [0.717, 1.165) is 16.7 Å². The van der Waals surface area contributed by atoms with E-state index in [9.17, 15) is 0 Å². The first kappa shape index (κ1) is 22.5. The summed E-state index contributed by atoms with van der Waals surface area (Å²) in [5.74, 6) is 1.10. The van der Waals surface area contributed by atoms with Crippen molar-refractivity contribution < 1.29 is 4.42 Å². The van der Waals surface area contributed by atoms with E-state index in [4.69, 9.17) is 4.42 Å². The first-order valence-corrected chi connectivity index (χ1v) is 13.2. The Kier molecular flexibility index (Phi) is 5.33. The molecule has 0 radical (unpaired) electrons. The van der Waals surface area contributed by atoms with Gasteiger partial charge in [0, 0.05) is 5.56 Å². The minimum Gasteiger partial charge on any atom is -0.436 e. The Morgan fingerprint density at radius 1 is 0.526 bits per heavy atom.